The number of aryl methyl sites for hydroxylation is 1. The molecule has 148 valence electrons. The third-order valence-corrected chi connectivity index (χ3v) is 4.55. The summed E-state index contributed by atoms with van der Waals surface area (Å²) < 4.78 is 39.5. The minimum absolute atomic E-state index is 0.00227. The number of aromatic amines is 1. The van der Waals surface area contributed by atoms with E-state index in [9.17, 15) is 13.2 Å². The number of nitrogens with zero attached hydrogens (tertiary/aromatic N) is 2. The van der Waals surface area contributed by atoms with Crippen LogP contribution < -0.4 is 10.6 Å². The first-order chi connectivity index (χ1) is 13.9. The molecule has 4 rings (SSSR count). The predicted molar refractivity (Wildman–Crippen MR) is 107 cm³/mol. The molecule has 0 unspecified atom stereocenters. The third-order valence-electron chi connectivity index (χ3n) is 4.55. The fourth-order valence-corrected chi connectivity index (χ4v) is 3.07. The quantitative estimate of drug-likeness (QED) is 0.408. The zero-order valence-electron chi connectivity index (χ0n) is 15.5. The van der Waals surface area contributed by atoms with Crippen molar-refractivity contribution >= 4 is 28.4 Å². The minimum Gasteiger partial charge on any atom is -0.366 e. The molecular formula is C21H18F3N5. The fourth-order valence-electron chi connectivity index (χ4n) is 3.07. The second-order valence-electron chi connectivity index (χ2n) is 6.64. The monoisotopic (exact) mass is 397 g/mol. The molecule has 4 aromatic rings. The number of anilines is 3. The number of aromatic nitrogens is 3. The van der Waals surface area contributed by atoms with Crippen LogP contribution in [0.25, 0.3) is 10.9 Å². The van der Waals surface area contributed by atoms with Gasteiger partial charge in [-0.1, -0.05) is 18.2 Å². The lowest BCUT2D eigenvalue weighted by atomic mass is 10.1. The molecule has 29 heavy (non-hydrogen) atoms. The Labute approximate surface area is 165 Å². The topological polar surface area (TPSA) is 65.6 Å². The van der Waals surface area contributed by atoms with E-state index in [1.165, 1.54) is 12.1 Å². The van der Waals surface area contributed by atoms with Crippen LogP contribution in [0, 0.1) is 6.92 Å². The predicted octanol–water partition coefficient (Wildman–Crippen LogP) is 5.64. The summed E-state index contributed by atoms with van der Waals surface area (Å²) in [5, 5.41) is 7.17. The number of hydrogen-bond acceptors (Lipinski definition) is 4. The number of alkyl halides is 3. The zero-order chi connectivity index (χ0) is 20.4. The largest absolute Gasteiger partial charge is 0.416 e. The number of hydrogen-bond donors (Lipinski definition) is 3. The van der Waals surface area contributed by atoms with Gasteiger partial charge in [0.25, 0.3) is 0 Å². The summed E-state index contributed by atoms with van der Waals surface area (Å²) in [5.74, 6) is 0.833. The van der Waals surface area contributed by atoms with Gasteiger partial charge in [-0.25, -0.2) is 4.98 Å². The highest BCUT2D eigenvalue weighted by atomic mass is 19.4. The van der Waals surface area contributed by atoms with Crippen molar-refractivity contribution in [3.63, 3.8) is 0 Å². The SMILES string of the molecule is Cc1cnc(Nc2ccc3[nH]ccc3c2)nc1NCc1ccccc1C(F)(F)F. The molecule has 0 aliphatic heterocycles. The van der Waals surface area contributed by atoms with Crippen LogP contribution in [0.1, 0.15) is 16.7 Å². The first kappa shape index (κ1) is 18.8. The average molecular weight is 397 g/mol. The molecule has 5 nitrogen and oxygen atoms in total. The van der Waals surface area contributed by atoms with Crippen LogP contribution in [0.15, 0.2) is 60.9 Å². The van der Waals surface area contributed by atoms with Gasteiger partial charge in [0.2, 0.25) is 5.95 Å². The Morgan fingerprint density at radius 1 is 1.07 bits per heavy atom. The number of nitrogens with one attached hydrogen (secondary N) is 3. The van der Waals surface area contributed by atoms with Gasteiger partial charge in [-0.3, -0.25) is 0 Å². The van der Waals surface area contributed by atoms with Crippen LogP contribution in [0.2, 0.25) is 0 Å². The zero-order valence-corrected chi connectivity index (χ0v) is 15.5. The van der Waals surface area contributed by atoms with Crippen LogP contribution in [-0.4, -0.2) is 15.0 Å². The number of halogens is 3. The van der Waals surface area contributed by atoms with E-state index in [4.69, 9.17) is 0 Å². The third kappa shape index (κ3) is 4.16. The van der Waals surface area contributed by atoms with Crippen molar-refractivity contribution in [3.8, 4) is 0 Å². The Morgan fingerprint density at radius 3 is 2.72 bits per heavy atom. The molecule has 0 bridgehead atoms. The molecule has 0 aliphatic rings. The van der Waals surface area contributed by atoms with E-state index >= 15 is 0 Å². The van der Waals surface area contributed by atoms with Gasteiger partial charge in [0.1, 0.15) is 5.82 Å². The van der Waals surface area contributed by atoms with Crippen LogP contribution in [-0.2, 0) is 12.7 Å². The highest BCUT2D eigenvalue weighted by Crippen LogP contribution is 2.32. The minimum atomic E-state index is -4.40. The molecule has 3 N–H and O–H groups in total. The van der Waals surface area contributed by atoms with Crippen molar-refractivity contribution in [1.82, 2.24) is 15.0 Å². The summed E-state index contributed by atoms with van der Waals surface area (Å²) in [6, 6.07) is 13.3. The van der Waals surface area contributed by atoms with E-state index < -0.39 is 11.7 Å². The Kier molecular flexibility index (Phi) is 4.84. The number of H-pyrrole nitrogens is 1. The highest BCUT2D eigenvalue weighted by molar-refractivity contribution is 5.83. The van der Waals surface area contributed by atoms with Gasteiger partial charge < -0.3 is 15.6 Å². The Morgan fingerprint density at radius 2 is 1.90 bits per heavy atom. The van der Waals surface area contributed by atoms with Gasteiger partial charge in [0.15, 0.2) is 0 Å². The molecule has 2 aromatic carbocycles. The van der Waals surface area contributed by atoms with Crippen LogP contribution in [0.4, 0.5) is 30.6 Å². The van der Waals surface area contributed by atoms with Crippen LogP contribution >= 0.6 is 0 Å². The maximum Gasteiger partial charge on any atom is 0.416 e. The fraction of sp³-hybridized carbons (Fsp3) is 0.143. The van der Waals surface area contributed by atoms with Crippen LogP contribution in [0.3, 0.4) is 0 Å². The summed E-state index contributed by atoms with van der Waals surface area (Å²) in [5.41, 5.74) is 2.07. The Hall–Kier alpha value is -3.55. The van der Waals surface area contributed by atoms with Crippen molar-refractivity contribution in [1.29, 1.82) is 0 Å². The molecule has 0 amide bonds. The first-order valence-corrected chi connectivity index (χ1v) is 8.97. The Bertz CT molecular complexity index is 1150. The maximum absolute atomic E-state index is 13.2. The van der Waals surface area contributed by atoms with E-state index in [0.29, 0.717) is 11.8 Å². The second-order valence-corrected chi connectivity index (χ2v) is 6.64. The van der Waals surface area contributed by atoms with E-state index in [-0.39, 0.29) is 12.1 Å². The van der Waals surface area contributed by atoms with E-state index in [2.05, 4.69) is 25.6 Å². The van der Waals surface area contributed by atoms with Gasteiger partial charge in [0.05, 0.1) is 5.56 Å². The Balaban J connectivity index is 1.53. The van der Waals surface area contributed by atoms with Gasteiger partial charge in [-0.05, 0) is 42.8 Å². The average Bonchev–Trinajstić information content (AvgIpc) is 3.16. The molecule has 0 radical (unpaired) electrons. The van der Waals surface area contributed by atoms with E-state index in [1.54, 1.807) is 19.2 Å². The van der Waals surface area contributed by atoms with Gasteiger partial charge >= 0.3 is 6.18 Å². The summed E-state index contributed by atoms with van der Waals surface area (Å²) in [7, 11) is 0. The molecule has 2 aromatic heterocycles. The van der Waals surface area contributed by atoms with Crippen molar-refractivity contribution in [3.05, 3.63) is 77.6 Å². The van der Waals surface area contributed by atoms with Crippen molar-refractivity contribution in [2.45, 2.75) is 19.6 Å². The lowest BCUT2D eigenvalue weighted by Gasteiger charge is -2.15. The van der Waals surface area contributed by atoms with E-state index in [0.717, 1.165) is 28.2 Å². The summed E-state index contributed by atoms with van der Waals surface area (Å²) in [6.45, 7) is 1.80. The molecule has 0 fully saturated rings. The molecular weight excluding hydrogens is 379 g/mol. The summed E-state index contributed by atoms with van der Waals surface area (Å²) in [6.07, 6.45) is -0.914. The lowest BCUT2D eigenvalue weighted by Crippen LogP contribution is -2.13. The van der Waals surface area contributed by atoms with Crippen molar-refractivity contribution < 1.29 is 13.2 Å². The maximum atomic E-state index is 13.2. The summed E-state index contributed by atoms with van der Waals surface area (Å²) in [4.78, 5) is 11.8. The molecule has 8 heteroatoms. The first-order valence-electron chi connectivity index (χ1n) is 8.97. The second kappa shape index (κ2) is 7.46. The normalized spacial score (nSPS) is 11.6. The highest BCUT2D eigenvalue weighted by Gasteiger charge is 2.32. The van der Waals surface area contributed by atoms with Gasteiger partial charge in [0, 0.05) is 41.1 Å². The number of fused-ring (bicyclic) bond motifs is 1. The number of rotatable bonds is 5. The molecule has 0 saturated carbocycles. The summed E-state index contributed by atoms with van der Waals surface area (Å²) >= 11 is 0. The van der Waals surface area contributed by atoms with Crippen molar-refractivity contribution in [2.75, 3.05) is 10.6 Å². The van der Waals surface area contributed by atoms with Crippen LogP contribution in [0.5, 0.6) is 0 Å². The molecule has 0 aliphatic carbocycles. The molecule has 0 spiro atoms. The number of benzene rings is 2. The standard InChI is InChI=1S/C21H18F3N5/c1-13-11-27-20(28-16-6-7-18-14(10-16)8-9-25-18)29-19(13)26-12-15-4-2-3-5-17(15)21(22,23)24/h2-11,25H,12H2,1H3,(H2,26,27,28,29). The van der Waals surface area contributed by atoms with Crippen molar-refractivity contribution in [2.24, 2.45) is 0 Å². The van der Waals surface area contributed by atoms with E-state index in [1.807, 2.05) is 30.5 Å². The van der Waals surface area contributed by atoms with Gasteiger partial charge in [-0.2, -0.15) is 18.2 Å². The molecule has 2 heterocycles. The lowest BCUT2D eigenvalue weighted by molar-refractivity contribution is -0.138. The smallest absolute Gasteiger partial charge is 0.366 e. The molecule has 0 atom stereocenters. The molecule has 0 saturated heterocycles. The van der Waals surface area contributed by atoms with Gasteiger partial charge in [-0.15, -0.1) is 0 Å².